The quantitative estimate of drug-likeness (QED) is 0.728. The van der Waals surface area contributed by atoms with Crippen LogP contribution in [0.15, 0.2) is 48.8 Å². The maximum atomic E-state index is 6.17. The first kappa shape index (κ1) is 12.1. The molecule has 96 valence electrons. The van der Waals surface area contributed by atoms with Gasteiger partial charge in [-0.05, 0) is 23.8 Å². The lowest BCUT2D eigenvalue weighted by molar-refractivity contribution is 0.417. The first-order valence-corrected chi connectivity index (χ1v) is 6.40. The summed E-state index contributed by atoms with van der Waals surface area (Å²) >= 11 is 6.17. The molecule has 3 nitrogen and oxygen atoms in total. The molecule has 0 aliphatic heterocycles. The molecule has 0 spiro atoms. The Morgan fingerprint density at radius 3 is 2.84 bits per heavy atom. The molecule has 0 N–H and O–H groups in total. The Hall–Kier alpha value is -2.00. The van der Waals surface area contributed by atoms with E-state index in [4.69, 9.17) is 16.3 Å². The van der Waals surface area contributed by atoms with Crippen LogP contribution in [0.1, 0.15) is 11.3 Å². The molecule has 3 aromatic rings. The standard InChI is InChI=1S/C15H13ClN2O/c1-19-14-7-4-8-18-10-12(17-15(14)18)9-11-5-2-3-6-13(11)16/h2-8,10H,9H2,1H3. The highest BCUT2D eigenvalue weighted by atomic mass is 35.5. The average molecular weight is 273 g/mol. The Labute approximate surface area is 116 Å². The lowest BCUT2D eigenvalue weighted by Crippen LogP contribution is -1.89. The topological polar surface area (TPSA) is 26.5 Å². The number of hydrogen-bond donors (Lipinski definition) is 0. The van der Waals surface area contributed by atoms with E-state index in [0.717, 1.165) is 27.7 Å². The Kier molecular flexibility index (Phi) is 3.13. The Morgan fingerprint density at radius 1 is 1.21 bits per heavy atom. The van der Waals surface area contributed by atoms with Crippen LogP contribution in [0.3, 0.4) is 0 Å². The fourth-order valence-electron chi connectivity index (χ4n) is 2.12. The highest BCUT2D eigenvalue weighted by Crippen LogP contribution is 2.22. The van der Waals surface area contributed by atoms with Crippen molar-refractivity contribution in [3.05, 3.63) is 65.1 Å². The zero-order valence-electron chi connectivity index (χ0n) is 10.5. The van der Waals surface area contributed by atoms with Crippen molar-refractivity contribution in [1.29, 1.82) is 0 Å². The van der Waals surface area contributed by atoms with E-state index in [1.807, 2.05) is 53.2 Å². The van der Waals surface area contributed by atoms with Gasteiger partial charge in [-0.2, -0.15) is 0 Å². The Balaban J connectivity index is 2.00. The fraction of sp³-hybridized carbons (Fsp3) is 0.133. The maximum Gasteiger partial charge on any atom is 0.179 e. The van der Waals surface area contributed by atoms with Crippen LogP contribution in [-0.4, -0.2) is 16.5 Å². The SMILES string of the molecule is COc1cccn2cc(Cc3ccccc3Cl)nc12. The number of benzene rings is 1. The van der Waals surface area contributed by atoms with Crippen LogP contribution in [0.4, 0.5) is 0 Å². The van der Waals surface area contributed by atoms with Crippen molar-refractivity contribution < 1.29 is 4.74 Å². The average Bonchev–Trinajstić information content (AvgIpc) is 2.83. The number of nitrogens with zero attached hydrogens (tertiary/aromatic N) is 2. The van der Waals surface area contributed by atoms with Gasteiger partial charge in [0.15, 0.2) is 11.4 Å². The Bertz CT molecular complexity index is 721. The van der Waals surface area contributed by atoms with Crippen LogP contribution in [0.5, 0.6) is 5.75 Å². The second kappa shape index (κ2) is 4.94. The predicted molar refractivity (Wildman–Crippen MR) is 76.0 cm³/mol. The summed E-state index contributed by atoms with van der Waals surface area (Å²) in [6, 6.07) is 11.7. The van der Waals surface area contributed by atoms with E-state index in [9.17, 15) is 0 Å². The molecule has 2 aromatic heterocycles. The number of hydrogen-bond acceptors (Lipinski definition) is 2. The number of ether oxygens (including phenoxy) is 1. The van der Waals surface area contributed by atoms with E-state index in [-0.39, 0.29) is 0 Å². The predicted octanol–water partition coefficient (Wildman–Crippen LogP) is 3.59. The van der Waals surface area contributed by atoms with Crippen molar-refractivity contribution in [3.63, 3.8) is 0 Å². The summed E-state index contributed by atoms with van der Waals surface area (Å²) in [5, 5.41) is 0.770. The third-order valence-electron chi connectivity index (χ3n) is 3.05. The van der Waals surface area contributed by atoms with Gasteiger partial charge in [-0.1, -0.05) is 29.8 Å². The lowest BCUT2D eigenvalue weighted by Gasteiger charge is -2.00. The summed E-state index contributed by atoms with van der Waals surface area (Å²) in [5.74, 6) is 0.771. The minimum absolute atomic E-state index is 0.713. The highest BCUT2D eigenvalue weighted by molar-refractivity contribution is 6.31. The van der Waals surface area contributed by atoms with Crippen LogP contribution >= 0.6 is 11.6 Å². The first-order valence-electron chi connectivity index (χ1n) is 6.02. The summed E-state index contributed by atoms with van der Waals surface area (Å²) in [4.78, 5) is 4.60. The van der Waals surface area contributed by atoms with Crippen LogP contribution < -0.4 is 4.74 Å². The Morgan fingerprint density at radius 2 is 2.05 bits per heavy atom. The van der Waals surface area contributed by atoms with Gasteiger partial charge in [0.25, 0.3) is 0 Å². The van der Waals surface area contributed by atoms with Gasteiger partial charge in [-0.25, -0.2) is 4.98 Å². The van der Waals surface area contributed by atoms with E-state index in [1.165, 1.54) is 0 Å². The van der Waals surface area contributed by atoms with E-state index in [1.54, 1.807) is 7.11 Å². The number of fused-ring (bicyclic) bond motifs is 1. The van der Waals surface area contributed by atoms with Crippen LogP contribution in [-0.2, 0) is 6.42 Å². The lowest BCUT2D eigenvalue weighted by atomic mass is 10.1. The van der Waals surface area contributed by atoms with Crippen LogP contribution in [0.2, 0.25) is 5.02 Å². The van der Waals surface area contributed by atoms with E-state index in [2.05, 4.69) is 4.98 Å². The van der Waals surface area contributed by atoms with Gasteiger partial charge in [-0.15, -0.1) is 0 Å². The molecule has 0 saturated carbocycles. The third-order valence-corrected chi connectivity index (χ3v) is 3.41. The molecule has 0 unspecified atom stereocenters. The molecular weight excluding hydrogens is 260 g/mol. The van der Waals surface area contributed by atoms with Crippen molar-refractivity contribution in [2.24, 2.45) is 0 Å². The largest absolute Gasteiger partial charge is 0.493 e. The molecule has 1 aromatic carbocycles. The van der Waals surface area contributed by atoms with Crippen LogP contribution in [0, 0.1) is 0 Å². The van der Waals surface area contributed by atoms with E-state index >= 15 is 0 Å². The minimum atomic E-state index is 0.713. The number of aromatic nitrogens is 2. The number of imidazole rings is 1. The van der Waals surface area contributed by atoms with Gasteiger partial charge < -0.3 is 9.14 Å². The molecule has 4 heteroatoms. The van der Waals surface area contributed by atoms with Gasteiger partial charge in [-0.3, -0.25) is 0 Å². The molecule has 0 bridgehead atoms. The number of methoxy groups -OCH3 is 1. The second-order valence-electron chi connectivity index (χ2n) is 4.31. The molecule has 0 saturated heterocycles. The monoisotopic (exact) mass is 272 g/mol. The second-order valence-corrected chi connectivity index (χ2v) is 4.72. The molecule has 0 fully saturated rings. The normalized spacial score (nSPS) is 10.8. The van der Waals surface area contributed by atoms with E-state index in [0.29, 0.717) is 6.42 Å². The maximum absolute atomic E-state index is 6.17. The summed E-state index contributed by atoms with van der Waals surface area (Å²) in [6.45, 7) is 0. The van der Waals surface area contributed by atoms with E-state index < -0.39 is 0 Å². The summed E-state index contributed by atoms with van der Waals surface area (Å²) < 4.78 is 7.27. The van der Waals surface area contributed by atoms with Gasteiger partial charge >= 0.3 is 0 Å². The van der Waals surface area contributed by atoms with Gasteiger partial charge in [0.2, 0.25) is 0 Å². The first-order chi connectivity index (χ1) is 9.28. The van der Waals surface area contributed by atoms with Crippen molar-refractivity contribution >= 4 is 17.2 Å². The molecule has 3 rings (SSSR count). The molecule has 0 amide bonds. The molecule has 0 radical (unpaired) electrons. The fourth-order valence-corrected chi connectivity index (χ4v) is 2.32. The van der Waals surface area contributed by atoms with Gasteiger partial charge in [0.1, 0.15) is 0 Å². The molecule has 0 aliphatic carbocycles. The van der Waals surface area contributed by atoms with Crippen LogP contribution in [0.25, 0.3) is 5.65 Å². The highest BCUT2D eigenvalue weighted by Gasteiger charge is 2.08. The molecular formula is C15H13ClN2O. The molecule has 2 heterocycles. The molecule has 0 aliphatic rings. The number of pyridine rings is 1. The van der Waals surface area contributed by atoms with Gasteiger partial charge in [0, 0.05) is 23.8 Å². The van der Waals surface area contributed by atoms with Crippen molar-refractivity contribution in [1.82, 2.24) is 9.38 Å². The third kappa shape index (κ3) is 2.29. The zero-order valence-corrected chi connectivity index (χ0v) is 11.3. The smallest absolute Gasteiger partial charge is 0.179 e. The zero-order chi connectivity index (χ0) is 13.2. The van der Waals surface area contributed by atoms with Crippen molar-refractivity contribution in [2.45, 2.75) is 6.42 Å². The summed E-state index contributed by atoms with van der Waals surface area (Å²) in [5.41, 5.74) is 2.87. The summed E-state index contributed by atoms with van der Waals surface area (Å²) in [7, 11) is 1.65. The summed E-state index contributed by atoms with van der Waals surface area (Å²) in [6.07, 6.45) is 4.67. The molecule has 19 heavy (non-hydrogen) atoms. The van der Waals surface area contributed by atoms with Crippen molar-refractivity contribution in [3.8, 4) is 5.75 Å². The van der Waals surface area contributed by atoms with Crippen molar-refractivity contribution in [2.75, 3.05) is 7.11 Å². The van der Waals surface area contributed by atoms with Gasteiger partial charge in [0.05, 0.1) is 12.8 Å². The number of halogens is 1. The number of rotatable bonds is 3. The molecule has 0 atom stereocenters. The minimum Gasteiger partial charge on any atom is -0.493 e.